The van der Waals surface area contributed by atoms with E-state index in [4.69, 9.17) is 4.74 Å². The molecule has 1 aromatic carbocycles. The van der Waals surface area contributed by atoms with Crippen LogP contribution in [0.4, 0.5) is 0 Å². The Morgan fingerprint density at radius 1 is 1.31 bits per heavy atom. The summed E-state index contributed by atoms with van der Waals surface area (Å²) in [4.78, 5) is 0. The number of hydrogen-bond acceptors (Lipinski definition) is 2. The van der Waals surface area contributed by atoms with Gasteiger partial charge in [-0.1, -0.05) is 19.1 Å². The minimum Gasteiger partial charge on any atom is -0.497 e. The van der Waals surface area contributed by atoms with Crippen LogP contribution in [0.25, 0.3) is 0 Å². The Labute approximate surface area is 98.0 Å². The summed E-state index contributed by atoms with van der Waals surface area (Å²) in [6.07, 6.45) is 3.78. The van der Waals surface area contributed by atoms with Crippen molar-refractivity contribution < 1.29 is 4.74 Å². The second-order valence-corrected chi connectivity index (χ2v) is 5.02. The van der Waals surface area contributed by atoms with E-state index in [9.17, 15) is 0 Å². The highest BCUT2D eigenvalue weighted by Crippen LogP contribution is 2.40. The van der Waals surface area contributed by atoms with Crippen LogP contribution < -0.4 is 10.1 Å². The van der Waals surface area contributed by atoms with E-state index in [1.54, 1.807) is 7.11 Å². The zero-order valence-electron chi connectivity index (χ0n) is 10.4. The lowest BCUT2D eigenvalue weighted by molar-refractivity contribution is 0.413. The lowest BCUT2D eigenvalue weighted by Gasteiger charge is -2.25. The van der Waals surface area contributed by atoms with E-state index in [2.05, 4.69) is 43.6 Å². The van der Waals surface area contributed by atoms with E-state index in [1.807, 2.05) is 0 Å². The summed E-state index contributed by atoms with van der Waals surface area (Å²) in [6, 6.07) is 9.21. The molecular formula is C14H21NO. The van der Waals surface area contributed by atoms with Gasteiger partial charge in [-0.15, -0.1) is 0 Å². The fourth-order valence-corrected chi connectivity index (χ4v) is 2.74. The van der Waals surface area contributed by atoms with Gasteiger partial charge in [0.25, 0.3) is 0 Å². The van der Waals surface area contributed by atoms with E-state index >= 15 is 0 Å². The quantitative estimate of drug-likeness (QED) is 0.844. The third kappa shape index (κ3) is 2.07. The van der Waals surface area contributed by atoms with Crippen molar-refractivity contribution in [2.75, 3.05) is 14.2 Å². The van der Waals surface area contributed by atoms with E-state index in [-0.39, 0.29) is 0 Å². The van der Waals surface area contributed by atoms with Crippen molar-refractivity contribution in [3.05, 3.63) is 29.8 Å². The molecule has 1 aliphatic rings. The maximum absolute atomic E-state index is 5.19. The number of benzene rings is 1. The molecule has 1 aromatic rings. The highest BCUT2D eigenvalue weighted by molar-refractivity contribution is 5.33. The van der Waals surface area contributed by atoms with Crippen LogP contribution in [0.15, 0.2) is 24.3 Å². The smallest absolute Gasteiger partial charge is 0.118 e. The zero-order valence-corrected chi connectivity index (χ0v) is 10.4. The summed E-state index contributed by atoms with van der Waals surface area (Å²) in [5, 5.41) is 3.39. The minimum atomic E-state index is 0.333. The summed E-state index contributed by atoms with van der Waals surface area (Å²) in [6.45, 7) is 2.37. The summed E-state index contributed by atoms with van der Waals surface area (Å²) in [5.74, 6) is 0.940. The molecule has 2 unspecified atom stereocenters. The monoisotopic (exact) mass is 219 g/mol. The third-order valence-electron chi connectivity index (χ3n) is 3.94. The van der Waals surface area contributed by atoms with Crippen molar-refractivity contribution in [3.63, 3.8) is 0 Å². The molecule has 0 aromatic heterocycles. The maximum atomic E-state index is 5.19. The summed E-state index contributed by atoms with van der Waals surface area (Å²) >= 11 is 0. The number of nitrogens with one attached hydrogen (secondary N) is 1. The lowest BCUT2D eigenvalue weighted by atomic mass is 9.81. The van der Waals surface area contributed by atoms with E-state index < -0.39 is 0 Å². The van der Waals surface area contributed by atoms with E-state index in [1.165, 1.54) is 24.8 Å². The SMILES string of the molecule is CNC1CCC(C)(c2ccc(OC)cc2)C1. The standard InChI is InChI=1S/C14H21NO/c1-14(9-8-12(10-14)15-2)11-4-6-13(16-3)7-5-11/h4-7,12,15H,8-10H2,1-3H3. The van der Waals surface area contributed by atoms with Gasteiger partial charge >= 0.3 is 0 Å². The molecule has 2 atom stereocenters. The highest BCUT2D eigenvalue weighted by atomic mass is 16.5. The molecule has 2 rings (SSSR count). The largest absolute Gasteiger partial charge is 0.497 e. The van der Waals surface area contributed by atoms with Crippen molar-refractivity contribution in [1.29, 1.82) is 0 Å². The van der Waals surface area contributed by atoms with Crippen LogP contribution in [0.2, 0.25) is 0 Å². The van der Waals surface area contributed by atoms with Crippen LogP contribution in [0, 0.1) is 0 Å². The topological polar surface area (TPSA) is 21.3 Å². The van der Waals surface area contributed by atoms with Crippen molar-refractivity contribution >= 4 is 0 Å². The number of methoxy groups -OCH3 is 1. The Kier molecular flexibility index (Phi) is 3.20. The fourth-order valence-electron chi connectivity index (χ4n) is 2.74. The Morgan fingerprint density at radius 3 is 2.50 bits per heavy atom. The predicted molar refractivity (Wildman–Crippen MR) is 67.0 cm³/mol. The predicted octanol–water partition coefficient (Wildman–Crippen LogP) is 2.72. The zero-order chi connectivity index (χ0) is 11.6. The van der Waals surface area contributed by atoms with Crippen LogP contribution >= 0.6 is 0 Å². The van der Waals surface area contributed by atoms with Gasteiger partial charge in [0.15, 0.2) is 0 Å². The molecule has 1 N–H and O–H groups in total. The summed E-state index contributed by atoms with van der Waals surface area (Å²) in [7, 11) is 3.77. The molecule has 0 aliphatic heterocycles. The van der Waals surface area contributed by atoms with E-state index in [0.717, 1.165) is 5.75 Å². The Balaban J connectivity index is 2.17. The second kappa shape index (κ2) is 4.46. The molecule has 0 radical (unpaired) electrons. The number of ether oxygens (including phenoxy) is 1. The molecule has 88 valence electrons. The Hall–Kier alpha value is -1.02. The molecular weight excluding hydrogens is 198 g/mol. The van der Waals surface area contributed by atoms with Crippen molar-refractivity contribution in [2.24, 2.45) is 0 Å². The van der Waals surface area contributed by atoms with Crippen LogP contribution in [-0.4, -0.2) is 20.2 Å². The second-order valence-electron chi connectivity index (χ2n) is 5.02. The van der Waals surface area contributed by atoms with Crippen LogP contribution in [-0.2, 0) is 5.41 Å². The molecule has 16 heavy (non-hydrogen) atoms. The molecule has 0 amide bonds. The van der Waals surface area contributed by atoms with Crippen LogP contribution in [0.3, 0.4) is 0 Å². The maximum Gasteiger partial charge on any atom is 0.118 e. The Morgan fingerprint density at radius 2 is 2.00 bits per heavy atom. The molecule has 1 saturated carbocycles. The van der Waals surface area contributed by atoms with Crippen LogP contribution in [0.5, 0.6) is 5.75 Å². The average molecular weight is 219 g/mol. The van der Waals surface area contributed by atoms with Gasteiger partial charge in [0, 0.05) is 6.04 Å². The third-order valence-corrected chi connectivity index (χ3v) is 3.94. The van der Waals surface area contributed by atoms with E-state index in [0.29, 0.717) is 11.5 Å². The molecule has 2 heteroatoms. The van der Waals surface area contributed by atoms with Gasteiger partial charge in [-0.2, -0.15) is 0 Å². The average Bonchev–Trinajstić information content (AvgIpc) is 2.73. The molecule has 0 spiro atoms. The first-order valence-corrected chi connectivity index (χ1v) is 6.00. The molecule has 1 aliphatic carbocycles. The lowest BCUT2D eigenvalue weighted by Crippen LogP contribution is -2.25. The van der Waals surface area contributed by atoms with Gasteiger partial charge < -0.3 is 10.1 Å². The summed E-state index contributed by atoms with van der Waals surface area (Å²) < 4.78 is 5.19. The molecule has 2 nitrogen and oxygen atoms in total. The van der Waals surface area contributed by atoms with Crippen molar-refractivity contribution in [1.82, 2.24) is 5.32 Å². The van der Waals surface area contributed by atoms with Gasteiger partial charge in [-0.25, -0.2) is 0 Å². The highest BCUT2D eigenvalue weighted by Gasteiger charge is 2.35. The fraction of sp³-hybridized carbons (Fsp3) is 0.571. The first-order chi connectivity index (χ1) is 7.68. The molecule has 0 heterocycles. The molecule has 0 bridgehead atoms. The van der Waals surface area contributed by atoms with Crippen LogP contribution in [0.1, 0.15) is 31.7 Å². The van der Waals surface area contributed by atoms with Crippen molar-refractivity contribution in [2.45, 2.75) is 37.6 Å². The van der Waals surface area contributed by atoms with Gasteiger partial charge in [0.2, 0.25) is 0 Å². The van der Waals surface area contributed by atoms with Gasteiger partial charge in [-0.3, -0.25) is 0 Å². The normalized spacial score (nSPS) is 29.3. The van der Waals surface area contributed by atoms with Gasteiger partial charge in [-0.05, 0) is 49.4 Å². The number of hydrogen-bond donors (Lipinski definition) is 1. The minimum absolute atomic E-state index is 0.333. The summed E-state index contributed by atoms with van der Waals surface area (Å²) in [5.41, 5.74) is 1.77. The van der Waals surface area contributed by atoms with Crippen molar-refractivity contribution in [3.8, 4) is 5.75 Å². The first kappa shape index (κ1) is 11.5. The Bertz CT molecular complexity index is 346. The molecule has 1 fully saturated rings. The first-order valence-electron chi connectivity index (χ1n) is 6.00. The van der Waals surface area contributed by atoms with Gasteiger partial charge in [0.1, 0.15) is 5.75 Å². The van der Waals surface area contributed by atoms with Gasteiger partial charge in [0.05, 0.1) is 7.11 Å². The number of rotatable bonds is 3. The molecule has 0 saturated heterocycles.